The summed E-state index contributed by atoms with van der Waals surface area (Å²) in [6, 6.07) is 7.58. The summed E-state index contributed by atoms with van der Waals surface area (Å²) in [7, 11) is 0. The van der Waals surface area contributed by atoms with Crippen molar-refractivity contribution in [2.45, 2.75) is 31.1 Å². The Bertz CT molecular complexity index is 611. The summed E-state index contributed by atoms with van der Waals surface area (Å²) in [5.41, 5.74) is 1.41. The number of hydrogen-bond acceptors (Lipinski definition) is 3. The molecule has 0 spiro atoms. The summed E-state index contributed by atoms with van der Waals surface area (Å²) < 4.78 is 5.19. The number of nitrogens with one attached hydrogen (secondary N) is 1. The maximum Gasteiger partial charge on any atom is 0.226 e. The summed E-state index contributed by atoms with van der Waals surface area (Å²) in [5, 5.41) is 8.12. The van der Waals surface area contributed by atoms with Gasteiger partial charge < -0.3 is 9.84 Å². The van der Waals surface area contributed by atoms with E-state index in [-0.39, 0.29) is 17.7 Å². The number of carbonyl (C=O) groups is 1. The maximum atomic E-state index is 12.0. The maximum absolute atomic E-state index is 12.0. The van der Waals surface area contributed by atoms with Crippen molar-refractivity contribution in [2.24, 2.45) is 5.92 Å². The number of nitrogens with zero attached hydrogens (tertiary/aromatic N) is 1. The van der Waals surface area contributed by atoms with Crippen molar-refractivity contribution < 1.29 is 9.32 Å². The molecule has 106 valence electrons. The van der Waals surface area contributed by atoms with E-state index in [1.54, 1.807) is 0 Å². The van der Waals surface area contributed by atoms with E-state index in [1.807, 2.05) is 24.3 Å². The third-order valence-electron chi connectivity index (χ3n) is 3.85. The molecule has 4 nitrogen and oxygen atoms in total. The molecule has 2 unspecified atom stereocenters. The smallest absolute Gasteiger partial charge is 0.226 e. The quantitative estimate of drug-likeness (QED) is 0.882. The van der Waals surface area contributed by atoms with Crippen LogP contribution >= 0.6 is 11.6 Å². The van der Waals surface area contributed by atoms with Gasteiger partial charge in [-0.25, -0.2) is 0 Å². The van der Waals surface area contributed by atoms with Crippen molar-refractivity contribution >= 4 is 28.5 Å². The number of amides is 1. The largest absolute Gasteiger partial charge is 0.356 e. The second kappa shape index (κ2) is 5.83. The van der Waals surface area contributed by atoms with Crippen LogP contribution in [0.25, 0.3) is 11.0 Å². The fourth-order valence-electron chi connectivity index (χ4n) is 2.74. The molecule has 20 heavy (non-hydrogen) atoms. The second-order valence-corrected chi connectivity index (χ2v) is 6.00. The van der Waals surface area contributed by atoms with Crippen LogP contribution < -0.4 is 5.32 Å². The number of benzene rings is 1. The molecule has 0 bridgehead atoms. The summed E-state index contributed by atoms with van der Waals surface area (Å²) >= 11 is 6.07. The molecule has 0 saturated heterocycles. The first-order valence-electron chi connectivity index (χ1n) is 6.96. The fourth-order valence-corrected chi connectivity index (χ4v) is 3.12. The molecule has 1 N–H and O–H groups in total. The van der Waals surface area contributed by atoms with Gasteiger partial charge in [-0.3, -0.25) is 4.79 Å². The Morgan fingerprint density at radius 3 is 3.05 bits per heavy atom. The topological polar surface area (TPSA) is 55.1 Å². The van der Waals surface area contributed by atoms with Gasteiger partial charge in [0, 0.05) is 17.3 Å². The third-order valence-corrected chi connectivity index (χ3v) is 4.24. The summed E-state index contributed by atoms with van der Waals surface area (Å²) in [6.45, 7) is 0.706. The Morgan fingerprint density at radius 1 is 1.40 bits per heavy atom. The van der Waals surface area contributed by atoms with Crippen molar-refractivity contribution in [1.29, 1.82) is 0 Å². The molecule has 1 saturated carbocycles. The predicted molar refractivity (Wildman–Crippen MR) is 77.7 cm³/mol. The van der Waals surface area contributed by atoms with Crippen LogP contribution in [0.15, 0.2) is 28.8 Å². The van der Waals surface area contributed by atoms with E-state index in [9.17, 15) is 4.79 Å². The highest BCUT2D eigenvalue weighted by molar-refractivity contribution is 6.20. The normalized spacial score (nSPS) is 22.2. The third kappa shape index (κ3) is 2.96. The van der Waals surface area contributed by atoms with Crippen LogP contribution in [0.1, 0.15) is 25.0 Å². The molecule has 0 radical (unpaired) electrons. The van der Waals surface area contributed by atoms with E-state index in [4.69, 9.17) is 16.1 Å². The second-order valence-electron chi connectivity index (χ2n) is 5.38. The Morgan fingerprint density at radius 2 is 2.25 bits per heavy atom. The molecule has 1 aromatic carbocycles. The number of aromatic nitrogens is 1. The van der Waals surface area contributed by atoms with Crippen molar-refractivity contribution in [3.8, 4) is 0 Å². The SMILES string of the molecule is O=C(Cc1noc2ccccc12)NCC1CCC(Cl)C1. The first kappa shape index (κ1) is 13.4. The van der Waals surface area contributed by atoms with E-state index >= 15 is 0 Å². The van der Waals surface area contributed by atoms with Crippen LogP contribution in [-0.2, 0) is 11.2 Å². The average Bonchev–Trinajstić information content (AvgIpc) is 3.04. The zero-order valence-electron chi connectivity index (χ0n) is 11.1. The minimum Gasteiger partial charge on any atom is -0.356 e. The molecule has 0 aliphatic heterocycles. The lowest BCUT2D eigenvalue weighted by molar-refractivity contribution is -0.120. The van der Waals surface area contributed by atoms with Crippen LogP contribution in [0.5, 0.6) is 0 Å². The van der Waals surface area contributed by atoms with Crippen molar-refractivity contribution in [2.75, 3.05) is 6.54 Å². The Labute approximate surface area is 122 Å². The van der Waals surface area contributed by atoms with Gasteiger partial charge in [0.1, 0.15) is 5.69 Å². The van der Waals surface area contributed by atoms with E-state index in [0.717, 1.165) is 30.2 Å². The first-order chi connectivity index (χ1) is 9.72. The highest BCUT2D eigenvalue weighted by Crippen LogP contribution is 2.28. The average molecular weight is 293 g/mol. The summed E-state index contributed by atoms with van der Waals surface area (Å²) in [4.78, 5) is 12.0. The lowest BCUT2D eigenvalue weighted by Gasteiger charge is -2.10. The number of carbonyl (C=O) groups excluding carboxylic acids is 1. The van der Waals surface area contributed by atoms with Crippen LogP contribution in [0.3, 0.4) is 0 Å². The van der Waals surface area contributed by atoms with Gasteiger partial charge in [-0.05, 0) is 37.3 Å². The van der Waals surface area contributed by atoms with Gasteiger partial charge >= 0.3 is 0 Å². The van der Waals surface area contributed by atoms with Gasteiger partial charge in [0.2, 0.25) is 5.91 Å². The Balaban J connectivity index is 1.56. The molecule has 1 heterocycles. The summed E-state index contributed by atoms with van der Waals surface area (Å²) in [6.07, 6.45) is 3.40. The minimum absolute atomic E-state index is 0.0120. The Hall–Kier alpha value is -1.55. The number of halogens is 1. The van der Waals surface area contributed by atoms with E-state index in [2.05, 4.69) is 10.5 Å². The zero-order chi connectivity index (χ0) is 13.9. The van der Waals surface area contributed by atoms with Gasteiger partial charge in [-0.15, -0.1) is 11.6 Å². The predicted octanol–water partition coefficient (Wildman–Crippen LogP) is 2.89. The lowest BCUT2D eigenvalue weighted by atomic mass is 10.1. The van der Waals surface area contributed by atoms with Gasteiger partial charge in [-0.2, -0.15) is 0 Å². The monoisotopic (exact) mass is 292 g/mol. The molecule has 1 amide bonds. The van der Waals surface area contributed by atoms with E-state index in [0.29, 0.717) is 18.2 Å². The summed E-state index contributed by atoms with van der Waals surface area (Å²) in [5.74, 6) is 0.498. The van der Waals surface area contributed by atoms with Crippen molar-refractivity contribution in [3.63, 3.8) is 0 Å². The minimum atomic E-state index is -0.0120. The highest BCUT2D eigenvalue weighted by Gasteiger charge is 2.23. The van der Waals surface area contributed by atoms with Crippen LogP contribution in [-0.4, -0.2) is 23.0 Å². The van der Waals surface area contributed by atoms with E-state index in [1.165, 1.54) is 0 Å². The number of rotatable bonds is 4. The van der Waals surface area contributed by atoms with Gasteiger partial charge in [-0.1, -0.05) is 17.3 Å². The molecule has 1 fully saturated rings. The highest BCUT2D eigenvalue weighted by atomic mass is 35.5. The first-order valence-corrected chi connectivity index (χ1v) is 7.40. The standard InChI is InChI=1S/C15H17ClN2O2/c16-11-6-5-10(7-11)9-17-15(19)8-13-12-3-1-2-4-14(12)20-18-13/h1-4,10-11H,5-9H2,(H,17,19). The molecular formula is C15H17ClN2O2. The fraction of sp³-hybridized carbons (Fsp3) is 0.467. The van der Waals surface area contributed by atoms with Gasteiger partial charge in [0.25, 0.3) is 0 Å². The molecule has 1 aliphatic rings. The molecule has 2 atom stereocenters. The van der Waals surface area contributed by atoms with E-state index < -0.39 is 0 Å². The zero-order valence-corrected chi connectivity index (χ0v) is 11.9. The molecule has 5 heteroatoms. The van der Waals surface area contributed by atoms with Crippen LogP contribution in [0.2, 0.25) is 0 Å². The number of alkyl halides is 1. The van der Waals surface area contributed by atoms with Crippen molar-refractivity contribution in [1.82, 2.24) is 10.5 Å². The van der Waals surface area contributed by atoms with Crippen LogP contribution in [0.4, 0.5) is 0 Å². The lowest BCUT2D eigenvalue weighted by Crippen LogP contribution is -2.29. The molecule has 1 aliphatic carbocycles. The number of hydrogen-bond donors (Lipinski definition) is 1. The number of para-hydroxylation sites is 1. The van der Waals surface area contributed by atoms with Gasteiger partial charge in [0.05, 0.1) is 6.42 Å². The number of fused-ring (bicyclic) bond motifs is 1. The molecular weight excluding hydrogens is 276 g/mol. The Kier molecular flexibility index (Phi) is 3.92. The van der Waals surface area contributed by atoms with Gasteiger partial charge in [0.15, 0.2) is 5.58 Å². The van der Waals surface area contributed by atoms with Crippen molar-refractivity contribution in [3.05, 3.63) is 30.0 Å². The molecule has 1 aromatic heterocycles. The molecule has 3 rings (SSSR count). The molecule has 2 aromatic rings. The van der Waals surface area contributed by atoms with Crippen LogP contribution in [0, 0.1) is 5.92 Å².